The van der Waals surface area contributed by atoms with E-state index in [0.29, 0.717) is 28.6 Å². The summed E-state index contributed by atoms with van der Waals surface area (Å²) in [7, 11) is 0. The maximum atomic E-state index is 11.9. The van der Waals surface area contributed by atoms with Crippen LogP contribution in [0.3, 0.4) is 0 Å². The number of fused-ring (bicyclic) bond motifs is 5. The summed E-state index contributed by atoms with van der Waals surface area (Å²) in [6.07, 6.45) is 13.4. The molecule has 0 aromatic heterocycles. The lowest BCUT2D eigenvalue weighted by molar-refractivity contribution is -0.140. The molecule has 7 atom stereocenters. The van der Waals surface area contributed by atoms with Gasteiger partial charge >= 0.3 is 0 Å². The zero-order valence-corrected chi connectivity index (χ0v) is 15.8. The summed E-state index contributed by atoms with van der Waals surface area (Å²) in [5, 5.41) is 0. The molecule has 0 aromatic carbocycles. The van der Waals surface area contributed by atoms with Gasteiger partial charge in [0, 0.05) is 19.1 Å². The molecule has 4 rings (SSSR count). The molecule has 0 spiro atoms. The van der Waals surface area contributed by atoms with E-state index < -0.39 is 0 Å². The predicted octanol–water partition coefficient (Wildman–Crippen LogP) is 5.26. The van der Waals surface area contributed by atoms with E-state index in [1.54, 1.807) is 12.0 Å². The van der Waals surface area contributed by atoms with Gasteiger partial charge in [0.1, 0.15) is 5.78 Å². The molecule has 1 unspecified atom stereocenters. The van der Waals surface area contributed by atoms with Crippen molar-refractivity contribution < 1.29 is 8.98 Å². The van der Waals surface area contributed by atoms with E-state index in [2.05, 4.69) is 20.1 Å². The van der Waals surface area contributed by atoms with E-state index in [1.807, 2.05) is 0 Å². The maximum absolute atomic E-state index is 11.9. The Hall–Kier alpha value is -0.0200. The monoisotopic (exact) mass is 336 g/mol. The van der Waals surface area contributed by atoms with E-state index in [-0.39, 0.29) is 0 Å². The molecule has 0 aromatic rings. The second-order valence-corrected chi connectivity index (χ2v) is 9.80. The van der Waals surface area contributed by atoms with Gasteiger partial charge in [-0.3, -0.25) is 4.79 Å². The molecule has 3 heteroatoms. The van der Waals surface area contributed by atoms with Crippen molar-refractivity contribution in [2.75, 3.05) is 6.26 Å². The van der Waals surface area contributed by atoms with Gasteiger partial charge in [0.2, 0.25) is 0 Å². The van der Waals surface area contributed by atoms with Crippen molar-refractivity contribution in [3.05, 3.63) is 0 Å². The first-order chi connectivity index (χ1) is 11.0. The minimum atomic E-state index is 0.401. The lowest BCUT2D eigenvalue weighted by Gasteiger charge is -2.60. The fourth-order valence-electron chi connectivity index (χ4n) is 7.27. The van der Waals surface area contributed by atoms with E-state index in [9.17, 15) is 4.79 Å². The first-order valence-electron chi connectivity index (χ1n) is 9.70. The van der Waals surface area contributed by atoms with Crippen LogP contribution in [0.2, 0.25) is 0 Å². The summed E-state index contributed by atoms with van der Waals surface area (Å²) in [4.78, 5) is 11.9. The van der Waals surface area contributed by atoms with Crippen LogP contribution in [-0.2, 0) is 8.98 Å². The number of carbonyl (C=O) groups excluding carboxylic acids is 1. The standard InChI is InChI=1S/C20H32O2S/c1-19-10-8-14(21)12-13(19)4-5-15-16-6-7-18(22-23-3)20(16,2)11-9-17(15)19/h13,15-18H,4-12H2,1-3H3/t13-,15-,16-,17?,18-,19-,20-/m0/s1. The minimum absolute atomic E-state index is 0.401. The van der Waals surface area contributed by atoms with Crippen LogP contribution in [0.25, 0.3) is 0 Å². The SMILES string of the molecule is CSO[C@H]1CC[C@H]2[C@@H]3CC[C@H]4CC(=O)CC[C@]4(C)C3CC[C@]12C. The second-order valence-electron chi connectivity index (χ2n) is 9.27. The summed E-state index contributed by atoms with van der Waals surface area (Å²) in [6, 6.07) is 0. The zero-order chi connectivity index (χ0) is 16.2. The van der Waals surface area contributed by atoms with Crippen LogP contribution in [0.5, 0.6) is 0 Å². The normalized spacial score (nSPS) is 52.7. The first kappa shape index (κ1) is 16.4. The van der Waals surface area contributed by atoms with Crippen molar-refractivity contribution in [1.29, 1.82) is 0 Å². The lowest BCUT2D eigenvalue weighted by Crippen LogP contribution is -2.54. The number of rotatable bonds is 2. The number of hydrogen-bond acceptors (Lipinski definition) is 3. The number of ketones is 1. The highest BCUT2D eigenvalue weighted by Crippen LogP contribution is 2.66. The smallest absolute Gasteiger partial charge is 0.133 e. The number of carbonyl (C=O) groups is 1. The summed E-state index contributed by atoms with van der Waals surface area (Å²) in [5.41, 5.74) is 0.842. The van der Waals surface area contributed by atoms with Gasteiger partial charge in [-0.05, 0) is 91.5 Å². The minimum Gasteiger partial charge on any atom is -0.312 e. The molecule has 2 nitrogen and oxygen atoms in total. The van der Waals surface area contributed by atoms with E-state index in [0.717, 1.165) is 37.0 Å². The molecular weight excluding hydrogens is 304 g/mol. The van der Waals surface area contributed by atoms with Crippen molar-refractivity contribution in [3.63, 3.8) is 0 Å². The molecule has 23 heavy (non-hydrogen) atoms. The highest BCUT2D eigenvalue weighted by molar-refractivity contribution is 7.93. The van der Waals surface area contributed by atoms with Crippen LogP contribution in [0.15, 0.2) is 0 Å². The lowest BCUT2D eigenvalue weighted by atomic mass is 9.45. The molecule has 0 saturated heterocycles. The van der Waals surface area contributed by atoms with Gasteiger partial charge in [0.25, 0.3) is 0 Å². The van der Waals surface area contributed by atoms with Crippen LogP contribution in [0.4, 0.5) is 0 Å². The molecule has 4 aliphatic carbocycles. The first-order valence-corrected chi connectivity index (χ1v) is 10.8. The zero-order valence-electron chi connectivity index (χ0n) is 15.0. The predicted molar refractivity (Wildman–Crippen MR) is 95.1 cm³/mol. The van der Waals surface area contributed by atoms with Crippen molar-refractivity contribution in [3.8, 4) is 0 Å². The molecule has 0 bridgehead atoms. The fourth-order valence-corrected chi connectivity index (χ4v) is 7.82. The third-order valence-corrected chi connectivity index (χ3v) is 9.03. The Labute approximate surface area is 145 Å². The largest absolute Gasteiger partial charge is 0.312 e. The van der Waals surface area contributed by atoms with Gasteiger partial charge in [0.05, 0.1) is 6.10 Å². The summed E-state index contributed by atoms with van der Waals surface area (Å²) in [5.74, 6) is 3.81. The van der Waals surface area contributed by atoms with Crippen LogP contribution in [0, 0.1) is 34.5 Å². The van der Waals surface area contributed by atoms with Gasteiger partial charge in [-0.25, -0.2) is 0 Å². The van der Waals surface area contributed by atoms with Crippen molar-refractivity contribution >= 4 is 17.8 Å². The molecule has 0 aliphatic heterocycles. The quantitative estimate of drug-likeness (QED) is 0.643. The Kier molecular flexibility index (Phi) is 4.12. The van der Waals surface area contributed by atoms with Gasteiger partial charge in [-0.1, -0.05) is 13.8 Å². The van der Waals surface area contributed by atoms with Crippen molar-refractivity contribution in [2.24, 2.45) is 34.5 Å². The Balaban J connectivity index is 1.59. The van der Waals surface area contributed by atoms with Crippen LogP contribution < -0.4 is 0 Å². The van der Waals surface area contributed by atoms with Gasteiger partial charge < -0.3 is 4.18 Å². The Morgan fingerprint density at radius 1 is 1.00 bits per heavy atom. The molecule has 0 radical (unpaired) electrons. The third-order valence-electron chi connectivity index (χ3n) is 8.61. The number of Topliss-reactive ketones (excluding diaryl/α,β-unsaturated/α-hetero) is 1. The van der Waals surface area contributed by atoms with Crippen molar-refractivity contribution in [2.45, 2.75) is 77.7 Å². The molecule has 0 N–H and O–H groups in total. The summed E-state index contributed by atoms with van der Waals surface area (Å²) in [6.45, 7) is 5.05. The van der Waals surface area contributed by atoms with Gasteiger partial charge in [-0.15, -0.1) is 0 Å². The molecule has 0 amide bonds. The summed E-state index contributed by atoms with van der Waals surface area (Å²) >= 11 is 1.56. The highest BCUT2D eigenvalue weighted by Gasteiger charge is 2.60. The van der Waals surface area contributed by atoms with Gasteiger partial charge in [0.15, 0.2) is 0 Å². The average Bonchev–Trinajstić information content (AvgIpc) is 2.85. The van der Waals surface area contributed by atoms with E-state index in [1.165, 1.54) is 38.5 Å². The molecule has 4 saturated carbocycles. The maximum Gasteiger partial charge on any atom is 0.133 e. The van der Waals surface area contributed by atoms with E-state index in [4.69, 9.17) is 4.18 Å². The Morgan fingerprint density at radius 2 is 1.78 bits per heavy atom. The fraction of sp³-hybridized carbons (Fsp3) is 0.950. The van der Waals surface area contributed by atoms with Crippen LogP contribution in [0.1, 0.15) is 71.6 Å². The molecule has 4 aliphatic rings. The van der Waals surface area contributed by atoms with Crippen molar-refractivity contribution in [1.82, 2.24) is 0 Å². The third kappa shape index (κ3) is 2.36. The summed E-state index contributed by atoms with van der Waals surface area (Å²) < 4.78 is 6.07. The average molecular weight is 337 g/mol. The second kappa shape index (κ2) is 5.76. The Bertz CT molecular complexity index is 492. The topological polar surface area (TPSA) is 26.3 Å². The Morgan fingerprint density at radius 3 is 2.57 bits per heavy atom. The van der Waals surface area contributed by atoms with E-state index >= 15 is 0 Å². The molecule has 0 heterocycles. The molecule has 130 valence electrons. The number of hydrogen-bond donors (Lipinski definition) is 0. The van der Waals surface area contributed by atoms with Crippen LogP contribution in [-0.4, -0.2) is 18.1 Å². The molecular formula is C20H32O2S. The molecule has 4 fully saturated rings. The van der Waals surface area contributed by atoms with Crippen LogP contribution >= 0.6 is 12.0 Å². The highest BCUT2D eigenvalue weighted by atomic mass is 32.2. The van der Waals surface area contributed by atoms with Gasteiger partial charge in [-0.2, -0.15) is 0 Å².